The predicted molar refractivity (Wildman–Crippen MR) is 83.1 cm³/mol. The molecule has 0 saturated carbocycles. The van der Waals surface area contributed by atoms with Crippen molar-refractivity contribution in [2.24, 2.45) is 0 Å². The van der Waals surface area contributed by atoms with Gasteiger partial charge in [0.1, 0.15) is 0 Å². The quantitative estimate of drug-likeness (QED) is 0.304. The molecular formula is C15H31NO6. The van der Waals surface area contributed by atoms with E-state index >= 15 is 0 Å². The van der Waals surface area contributed by atoms with E-state index in [0.717, 1.165) is 13.2 Å². The van der Waals surface area contributed by atoms with Crippen molar-refractivity contribution in [2.45, 2.75) is 13.3 Å². The van der Waals surface area contributed by atoms with Crippen LogP contribution in [0, 0.1) is 0 Å². The van der Waals surface area contributed by atoms with Gasteiger partial charge in [-0.05, 0) is 21.0 Å². The maximum atomic E-state index is 11.0. The lowest BCUT2D eigenvalue weighted by Crippen LogP contribution is -2.19. The molecule has 22 heavy (non-hydrogen) atoms. The van der Waals surface area contributed by atoms with Crippen LogP contribution >= 0.6 is 0 Å². The first-order valence-corrected chi connectivity index (χ1v) is 7.78. The second-order valence-electron chi connectivity index (χ2n) is 4.81. The number of ether oxygens (including phenoxy) is 5. The van der Waals surface area contributed by atoms with Crippen LogP contribution in [0.4, 0.5) is 0 Å². The zero-order valence-electron chi connectivity index (χ0n) is 14.2. The molecule has 0 amide bonds. The van der Waals surface area contributed by atoms with Gasteiger partial charge in [-0.1, -0.05) is 0 Å². The van der Waals surface area contributed by atoms with Crippen LogP contribution in [-0.4, -0.2) is 91.0 Å². The molecule has 0 aliphatic rings. The molecule has 0 aliphatic heterocycles. The van der Waals surface area contributed by atoms with Gasteiger partial charge in [-0.3, -0.25) is 4.79 Å². The van der Waals surface area contributed by atoms with Crippen molar-refractivity contribution in [3.8, 4) is 0 Å². The van der Waals surface area contributed by atoms with Gasteiger partial charge in [-0.15, -0.1) is 0 Å². The molecule has 132 valence electrons. The van der Waals surface area contributed by atoms with Gasteiger partial charge in [0.25, 0.3) is 0 Å². The van der Waals surface area contributed by atoms with Crippen molar-refractivity contribution in [3.63, 3.8) is 0 Å². The van der Waals surface area contributed by atoms with Crippen LogP contribution < -0.4 is 0 Å². The summed E-state index contributed by atoms with van der Waals surface area (Å²) >= 11 is 0. The summed E-state index contributed by atoms with van der Waals surface area (Å²) < 4.78 is 26.1. The first kappa shape index (κ1) is 21.3. The maximum absolute atomic E-state index is 11.0. The van der Waals surface area contributed by atoms with Gasteiger partial charge in [0.05, 0.1) is 65.9 Å². The van der Waals surface area contributed by atoms with Gasteiger partial charge in [-0.25, -0.2) is 0 Å². The standard InChI is InChI=1S/C15H31NO6/c1-4-22-15(17)5-7-18-9-11-20-13-14-21-12-10-19-8-6-16(2)3/h4-14H2,1-3H3. The Labute approximate surface area is 133 Å². The predicted octanol–water partition coefficient (Wildman–Crippen LogP) is 0.568. The lowest BCUT2D eigenvalue weighted by molar-refractivity contribution is -0.144. The summed E-state index contributed by atoms with van der Waals surface area (Å²) in [5, 5.41) is 0. The number of carbonyl (C=O) groups excluding carboxylic acids is 1. The fourth-order valence-electron chi connectivity index (χ4n) is 1.40. The molecule has 0 saturated heterocycles. The van der Waals surface area contributed by atoms with Crippen LogP contribution in [0.5, 0.6) is 0 Å². The Kier molecular flexibility index (Phi) is 16.1. The Bertz CT molecular complexity index is 250. The summed E-state index contributed by atoms with van der Waals surface area (Å²) in [6.07, 6.45) is 0.283. The number of hydrogen-bond donors (Lipinski definition) is 0. The fraction of sp³-hybridized carbons (Fsp3) is 0.933. The Morgan fingerprint density at radius 2 is 1.23 bits per heavy atom. The molecule has 0 radical (unpaired) electrons. The zero-order chi connectivity index (χ0) is 16.5. The number of nitrogens with zero attached hydrogens (tertiary/aromatic N) is 1. The molecule has 7 heteroatoms. The molecule has 0 aromatic carbocycles. The molecule has 0 bridgehead atoms. The minimum absolute atomic E-state index is 0.232. The summed E-state index contributed by atoms with van der Waals surface area (Å²) in [6.45, 7) is 7.39. The molecule has 0 spiro atoms. The average Bonchev–Trinajstić information content (AvgIpc) is 2.47. The van der Waals surface area contributed by atoms with Crippen molar-refractivity contribution in [1.82, 2.24) is 4.90 Å². The summed E-state index contributed by atoms with van der Waals surface area (Å²) in [7, 11) is 4.02. The highest BCUT2D eigenvalue weighted by molar-refractivity contribution is 5.69. The fourth-order valence-corrected chi connectivity index (χ4v) is 1.40. The average molecular weight is 321 g/mol. The molecule has 0 aliphatic carbocycles. The van der Waals surface area contributed by atoms with Gasteiger partial charge in [0, 0.05) is 6.54 Å². The third kappa shape index (κ3) is 17.3. The summed E-state index contributed by atoms with van der Waals surface area (Å²) in [6, 6.07) is 0. The lowest BCUT2D eigenvalue weighted by Gasteiger charge is -2.10. The number of rotatable bonds is 16. The normalized spacial score (nSPS) is 11.1. The SMILES string of the molecule is CCOC(=O)CCOCCOCCOCCOCCN(C)C. The van der Waals surface area contributed by atoms with Gasteiger partial charge in [0.2, 0.25) is 0 Å². The Balaban J connectivity index is 3.04. The maximum Gasteiger partial charge on any atom is 0.308 e. The molecule has 0 atom stereocenters. The molecule has 0 fully saturated rings. The van der Waals surface area contributed by atoms with Crippen LogP contribution in [-0.2, 0) is 28.5 Å². The lowest BCUT2D eigenvalue weighted by atomic mass is 10.5. The van der Waals surface area contributed by atoms with Gasteiger partial charge in [-0.2, -0.15) is 0 Å². The highest BCUT2D eigenvalue weighted by atomic mass is 16.6. The van der Waals surface area contributed by atoms with E-state index < -0.39 is 0 Å². The smallest absolute Gasteiger partial charge is 0.308 e. The second kappa shape index (κ2) is 16.6. The Hall–Kier alpha value is -0.730. The van der Waals surface area contributed by atoms with E-state index in [2.05, 4.69) is 4.90 Å². The topological polar surface area (TPSA) is 66.5 Å². The molecule has 0 N–H and O–H groups in total. The van der Waals surface area contributed by atoms with Crippen molar-refractivity contribution >= 4 is 5.97 Å². The number of carbonyl (C=O) groups is 1. The van der Waals surface area contributed by atoms with Crippen LogP contribution in [0.2, 0.25) is 0 Å². The van der Waals surface area contributed by atoms with Crippen molar-refractivity contribution in [3.05, 3.63) is 0 Å². The summed E-state index contributed by atoms with van der Waals surface area (Å²) in [4.78, 5) is 13.1. The van der Waals surface area contributed by atoms with E-state index in [4.69, 9.17) is 23.7 Å². The van der Waals surface area contributed by atoms with E-state index in [1.807, 2.05) is 14.1 Å². The first-order valence-electron chi connectivity index (χ1n) is 7.78. The van der Waals surface area contributed by atoms with Crippen LogP contribution in [0.25, 0.3) is 0 Å². The van der Waals surface area contributed by atoms with Crippen LogP contribution in [0.1, 0.15) is 13.3 Å². The molecule has 0 unspecified atom stereocenters. The van der Waals surface area contributed by atoms with Crippen molar-refractivity contribution < 1.29 is 28.5 Å². The van der Waals surface area contributed by atoms with E-state index in [1.54, 1.807) is 6.92 Å². The van der Waals surface area contributed by atoms with E-state index in [1.165, 1.54) is 0 Å². The highest BCUT2D eigenvalue weighted by Gasteiger charge is 2.00. The van der Waals surface area contributed by atoms with Gasteiger partial charge >= 0.3 is 5.97 Å². The Morgan fingerprint density at radius 1 is 0.773 bits per heavy atom. The summed E-state index contributed by atoms with van der Waals surface area (Å²) in [5.74, 6) is -0.232. The highest BCUT2D eigenvalue weighted by Crippen LogP contribution is 1.89. The number of esters is 1. The zero-order valence-corrected chi connectivity index (χ0v) is 14.2. The van der Waals surface area contributed by atoms with Crippen molar-refractivity contribution in [2.75, 3.05) is 80.1 Å². The second-order valence-corrected chi connectivity index (χ2v) is 4.81. The number of likely N-dealkylation sites (N-methyl/N-ethyl adjacent to an activating group) is 1. The van der Waals surface area contributed by atoms with Gasteiger partial charge < -0.3 is 28.6 Å². The molecule has 0 aromatic heterocycles. The van der Waals surface area contributed by atoms with E-state index in [9.17, 15) is 4.79 Å². The van der Waals surface area contributed by atoms with E-state index in [-0.39, 0.29) is 12.4 Å². The Morgan fingerprint density at radius 3 is 1.68 bits per heavy atom. The van der Waals surface area contributed by atoms with Crippen molar-refractivity contribution in [1.29, 1.82) is 0 Å². The van der Waals surface area contributed by atoms with E-state index in [0.29, 0.717) is 52.9 Å². The first-order chi connectivity index (χ1) is 10.7. The molecule has 0 rings (SSSR count). The van der Waals surface area contributed by atoms with Crippen LogP contribution in [0.15, 0.2) is 0 Å². The minimum atomic E-state index is -0.232. The molecular weight excluding hydrogens is 290 g/mol. The summed E-state index contributed by atoms with van der Waals surface area (Å²) in [5.41, 5.74) is 0. The molecule has 0 heterocycles. The molecule has 0 aromatic rings. The molecule has 7 nitrogen and oxygen atoms in total. The largest absolute Gasteiger partial charge is 0.466 e. The van der Waals surface area contributed by atoms with Gasteiger partial charge in [0.15, 0.2) is 0 Å². The third-order valence-electron chi connectivity index (χ3n) is 2.55. The minimum Gasteiger partial charge on any atom is -0.466 e. The monoisotopic (exact) mass is 321 g/mol. The third-order valence-corrected chi connectivity index (χ3v) is 2.55. The number of hydrogen-bond acceptors (Lipinski definition) is 7. The van der Waals surface area contributed by atoms with Crippen LogP contribution in [0.3, 0.4) is 0 Å².